The van der Waals surface area contributed by atoms with E-state index in [-0.39, 0.29) is 6.09 Å². The lowest BCUT2D eigenvalue weighted by atomic mass is 9.86. The fourth-order valence-corrected chi connectivity index (χ4v) is 4.61. The fraction of sp³-hybridized carbons (Fsp3) is 0.923. The highest BCUT2D eigenvalue weighted by atomic mass is 32.3. The maximum Gasteiger partial charge on any atom is 0.410 e. The first kappa shape index (κ1) is 14.9. The van der Waals surface area contributed by atoms with E-state index in [1.165, 1.54) is 0 Å². The van der Waals surface area contributed by atoms with Crippen LogP contribution < -0.4 is 0 Å². The van der Waals surface area contributed by atoms with E-state index in [0.29, 0.717) is 23.3 Å². The van der Waals surface area contributed by atoms with Crippen molar-refractivity contribution in [3.8, 4) is 0 Å². The van der Waals surface area contributed by atoms with Crippen LogP contribution >= 0.6 is 10.6 Å². The Morgan fingerprint density at radius 3 is 2.11 bits per heavy atom. The molecule has 0 unspecified atom stereocenters. The van der Waals surface area contributed by atoms with Crippen LogP contribution in [-0.4, -0.2) is 50.3 Å². The average Bonchev–Trinajstić information content (AvgIpc) is 2.23. The van der Waals surface area contributed by atoms with Gasteiger partial charge < -0.3 is 9.64 Å². The summed E-state index contributed by atoms with van der Waals surface area (Å²) in [5, 5.41) is 0. The van der Waals surface area contributed by atoms with Crippen LogP contribution in [0.5, 0.6) is 0 Å². The molecule has 0 bridgehead atoms. The van der Waals surface area contributed by atoms with Gasteiger partial charge in [-0.2, -0.15) is 10.6 Å². The molecule has 0 aromatic carbocycles. The minimum absolute atomic E-state index is 0.233. The molecule has 0 spiro atoms. The van der Waals surface area contributed by atoms with Gasteiger partial charge in [0.05, 0.1) is 0 Å². The summed E-state index contributed by atoms with van der Waals surface area (Å²) in [6.45, 7) is 7.05. The molecule has 2 heterocycles. The third kappa shape index (κ3) is 4.00. The van der Waals surface area contributed by atoms with E-state index in [1.54, 1.807) is 4.90 Å². The van der Waals surface area contributed by atoms with E-state index in [9.17, 15) is 13.9 Å². The van der Waals surface area contributed by atoms with Gasteiger partial charge in [0.1, 0.15) is 5.60 Å². The Balaban J connectivity index is 1.75. The second-order valence-corrected chi connectivity index (χ2v) is 8.97. The molecule has 0 radical (unpaired) electrons. The zero-order valence-corrected chi connectivity index (χ0v) is 12.8. The zero-order chi connectivity index (χ0) is 14.3. The van der Waals surface area contributed by atoms with Crippen LogP contribution in [0.3, 0.4) is 0 Å². The molecule has 1 amide bonds. The highest BCUT2D eigenvalue weighted by molar-refractivity contribution is 8.25. The van der Waals surface area contributed by atoms with Gasteiger partial charge in [0.15, 0.2) is 0 Å². The quantitative estimate of drug-likeness (QED) is 0.779. The van der Waals surface area contributed by atoms with Crippen molar-refractivity contribution in [3.63, 3.8) is 0 Å². The summed E-state index contributed by atoms with van der Waals surface area (Å²) in [4.78, 5) is 13.7. The molecule has 2 saturated heterocycles. The normalized spacial score (nSPS) is 26.7. The number of likely N-dealkylation sites (tertiary alicyclic amines) is 1. The van der Waals surface area contributed by atoms with Crippen molar-refractivity contribution >= 4 is 16.7 Å². The van der Waals surface area contributed by atoms with Crippen molar-refractivity contribution in [3.05, 3.63) is 0 Å². The van der Waals surface area contributed by atoms with Gasteiger partial charge in [-0.1, -0.05) is 0 Å². The highest BCUT2D eigenvalue weighted by Crippen LogP contribution is 2.55. The standard InChI is InChI=1S/C13H25NO4S/c1-13(2,3)18-12(15)14-6-4-10(5-7-14)11-8-19(16,17)9-11/h10-11,16-17H,4-9H2,1-3H3. The average molecular weight is 291 g/mol. The molecule has 0 aromatic heterocycles. The molecule has 2 aliphatic rings. The van der Waals surface area contributed by atoms with Gasteiger partial charge in [-0.05, 0) is 45.4 Å². The van der Waals surface area contributed by atoms with Gasteiger partial charge in [-0.25, -0.2) is 4.79 Å². The fourth-order valence-electron chi connectivity index (χ4n) is 2.79. The van der Waals surface area contributed by atoms with Crippen LogP contribution in [0.2, 0.25) is 0 Å². The smallest absolute Gasteiger partial charge is 0.410 e. The first-order valence-electron chi connectivity index (χ1n) is 6.88. The van der Waals surface area contributed by atoms with Crippen LogP contribution in [-0.2, 0) is 4.74 Å². The van der Waals surface area contributed by atoms with E-state index in [2.05, 4.69) is 0 Å². The second-order valence-electron chi connectivity index (χ2n) is 6.70. The second kappa shape index (κ2) is 5.14. The molecule has 0 aromatic rings. The van der Waals surface area contributed by atoms with E-state index in [0.717, 1.165) is 25.9 Å². The predicted octanol–water partition coefficient (Wildman–Crippen LogP) is 3.01. The Hall–Kier alpha value is -0.460. The van der Waals surface area contributed by atoms with Gasteiger partial charge in [0, 0.05) is 24.6 Å². The molecular formula is C13H25NO4S. The number of rotatable bonds is 1. The number of hydrogen-bond donors (Lipinski definition) is 2. The van der Waals surface area contributed by atoms with Crippen molar-refractivity contribution < 1.29 is 18.6 Å². The minimum Gasteiger partial charge on any atom is -0.444 e. The van der Waals surface area contributed by atoms with E-state index >= 15 is 0 Å². The molecule has 112 valence electrons. The number of carbonyl (C=O) groups is 1. The summed E-state index contributed by atoms with van der Waals surface area (Å²) in [5.74, 6) is 2.08. The Kier molecular flexibility index (Phi) is 4.05. The molecule has 0 atom stereocenters. The van der Waals surface area contributed by atoms with Gasteiger partial charge in [-0.3, -0.25) is 9.11 Å². The number of nitrogens with zero attached hydrogens (tertiary/aromatic N) is 1. The molecule has 2 aliphatic heterocycles. The summed E-state index contributed by atoms with van der Waals surface area (Å²) in [6.07, 6.45) is 1.66. The zero-order valence-electron chi connectivity index (χ0n) is 12.0. The SMILES string of the molecule is CC(C)(C)OC(=O)N1CCC(C2CS(O)(O)C2)CC1. The number of amides is 1. The lowest BCUT2D eigenvalue weighted by Crippen LogP contribution is -2.46. The van der Waals surface area contributed by atoms with Crippen molar-refractivity contribution in [1.82, 2.24) is 4.90 Å². The molecule has 0 saturated carbocycles. The molecule has 5 nitrogen and oxygen atoms in total. The molecular weight excluding hydrogens is 266 g/mol. The van der Waals surface area contributed by atoms with Crippen molar-refractivity contribution in [2.24, 2.45) is 11.8 Å². The van der Waals surface area contributed by atoms with Gasteiger partial charge in [0.2, 0.25) is 0 Å². The topological polar surface area (TPSA) is 70.0 Å². The van der Waals surface area contributed by atoms with Crippen LogP contribution in [0.1, 0.15) is 33.6 Å². The summed E-state index contributed by atoms with van der Waals surface area (Å²) < 4.78 is 24.2. The number of carbonyl (C=O) groups excluding carboxylic acids is 1. The molecule has 2 fully saturated rings. The van der Waals surface area contributed by atoms with Crippen LogP contribution in [0.15, 0.2) is 0 Å². The number of ether oxygens (including phenoxy) is 1. The Morgan fingerprint density at radius 2 is 1.68 bits per heavy atom. The monoisotopic (exact) mass is 291 g/mol. The van der Waals surface area contributed by atoms with E-state index in [4.69, 9.17) is 4.74 Å². The molecule has 2 rings (SSSR count). The maximum atomic E-state index is 11.9. The summed E-state index contributed by atoms with van der Waals surface area (Å²) in [7, 11) is -2.24. The molecule has 19 heavy (non-hydrogen) atoms. The summed E-state index contributed by atoms with van der Waals surface area (Å²) in [5.41, 5.74) is -0.446. The lowest BCUT2D eigenvalue weighted by molar-refractivity contribution is 0.0163. The summed E-state index contributed by atoms with van der Waals surface area (Å²) in [6, 6.07) is 0. The van der Waals surface area contributed by atoms with E-state index < -0.39 is 16.2 Å². The van der Waals surface area contributed by atoms with E-state index in [1.807, 2.05) is 20.8 Å². The number of piperidine rings is 1. The van der Waals surface area contributed by atoms with Crippen LogP contribution in [0.4, 0.5) is 4.79 Å². The Bertz CT molecular complexity index is 337. The van der Waals surface area contributed by atoms with Gasteiger partial charge in [-0.15, -0.1) is 0 Å². The van der Waals surface area contributed by atoms with Crippen LogP contribution in [0.25, 0.3) is 0 Å². The predicted molar refractivity (Wildman–Crippen MR) is 76.6 cm³/mol. The van der Waals surface area contributed by atoms with Crippen molar-refractivity contribution in [2.75, 3.05) is 24.6 Å². The molecule has 0 aliphatic carbocycles. The molecule has 2 N–H and O–H groups in total. The lowest BCUT2D eigenvalue weighted by Gasteiger charge is -2.51. The first-order valence-corrected chi connectivity index (χ1v) is 8.76. The third-order valence-electron chi connectivity index (χ3n) is 3.82. The van der Waals surface area contributed by atoms with Gasteiger partial charge in [0.25, 0.3) is 0 Å². The largest absolute Gasteiger partial charge is 0.444 e. The van der Waals surface area contributed by atoms with Crippen LogP contribution in [0, 0.1) is 11.8 Å². The number of hydrogen-bond acceptors (Lipinski definition) is 4. The minimum atomic E-state index is -2.24. The van der Waals surface area contributed by atoms with Crippen molar-refractivity contribution in [1.29, 1.82) is 0 Å². The summed E-state index contributed by atoms with van der Waals surface area (Å²) >= 11 is 0. The van der Waals surface area contributed by atoms with Gasteiger partial charge >= 0.3 is 6.09 Å². The maximum absolute atomic E-state index is 11.9. The van der Waals surface area contributed by atoms with Crippen molar-refractivity contribution in [2.45, 2.75) is 39.2 Å². The third-order valence-corrected chi connectivity index (χ3v) is 5.74. The first-order chi connectivity index (χ1) is 8.66. The highest BCUT2D eigenvalue weighted by Gasteiger charge is 2.40. The Labute approximate surface area is 116 Å². The molecule has 6 heteroatoms. The Morgan fingerprint density at radius 1 is 1.16 bits per heavy atom.